The van der Waals surface area contributed by atoms with Crippen molar-refractivity contribution >= 4 is 5.69 Å². The molecule has 0 saturated heterocycles. The van der Waals surface area contributed by atoms with Gasteiger partial charge in [-0.15, -0.1) is 0 Å². The van der Waals surface area contributed by atoms with E-state index in [4.69, 9.17) is 15.2 Å². The van der Waals surface area contributed by atoms with Gasteiger partial charge < -0.3 is 15.2 Å². The molecule has 0 heterocycles. The standard InChI is InChI=1S/C12H17F2NO2/c1-8(2)7-16-3-4-17-12-6-9(13)11(15)5-10(12)14/h5-6,8H,3-4,7,15H2,1-2H3. The minimum atomic E-state index is -0.690. The summed E-state index contributed by atoms with van der Waals surface area (Å²) in [5.41, 5.74) is 4.97. The number of nitrogens with two attached hydrogens (primary N) is 1. The fourth-order valence-electron chi connectivity index (χ4n) is 1.18. The quantitative estimate of drug-likeness (QED) is 0.619. The molecule has 0 aliphatic rings. The molecule has 5 heteroatoms. The van der Waals surface area contributed by atoms with Crippen LogP contribution in [0.3, 0.4) is 0 Å². The third-order valence-electron chi connectivity index (χ3n) is 1.99. The monoisotopic (exact) mass is 245 g/mol. The van der Waals surface area contributed by atoms with Crippen molar-refractivity contribution in [2.24, 2.45) is 5.92 Å². The number of rotatable bonds is 6. The van der Waals surface area contributed by atoms with Crippen molar-refractivity contribution < 1.29 is 18.3 Å². The fraction of sp³-hybridized carbons (Fsp3) is 0.500. The molecule has 96 valence electrons. The van der Waals surface area contributed by atoms with Gasteiger partial charge in [-0.05, 0) is 5.92 Å². The summed E-state index contributed by atoms with van der Waals surface area (Å²) in [4.78, 5) is 0. The molecule has 0 spiro atoms. The molecular weight excluding hydrogens is 228 g/mol. The molecule has 0 aliphatic heterocycles. The zero-order chi connectivity index (χ0) is 12.8. The summed E-state index contributed by atoms with van der Waals surface area (Å²) >= 11 is 0. The number of nitrogen functional groups attached to an aromatic ring is 1. The van der Waals surface area contributed by atoms with Crippen LogP contribution in [0, 0.1) is 17.6 Å². The van der Waals surface area contributed by atoms with Crippen molar-refractivity contribution in [3.05, 3.63) is 23.8 Å². The second kappa shape index (κ2) is 6.39. The van der Waals surface area contributed by atoms with Crippen molar-refractivity contribution in [2.45, 2.75) is 13.8 Å². The first-order chi connectivity index (χ1) is 8.00. The van der Waals surface area contributed by atoms with E-state index in [1.165, 1.54) is 0 Å². The summed E-state index contributed by atoms with van der Waals surface area (Å²) in [5.74, 6) is -1.08. The molecule has 0 saturated carbocycles. The SMILES string of the molecule is CC(C)COCCOc1cc(F)c(N)cc1F. The largest absolute Gasteiger partial charge is 0.488 e. The molecule has 2 N–H and O–H groups in total. The Morgan fingerprint density at radius 2 is 1.88 bits per heavy atom. The van der Waals surface area contributed by atoms with Crippen LogP contribution >= 0.6 is 0 Å². The molecule has 1 aromatic carbocycles. The highest BCUT2D eigenvalue weighted by Gasteiger charge is 2.08. The smallest absolute Gasteiger partial charge is 0.167 e. The molecule has 3 nitrogen and oxygen atoms in total. The molecule has 17 heavy (non-hydrogen) atoms. The summed E-state index contributed by atoms with van der Waals surface area (Å²) < 4.78 is 36.6. The minimum Gasteiger partial charge on any atom is -0.488 e. The van der Waals surface area contributed by atoms with E-state index < -0.39 is 11.6 Å². The Bertz CT molecular complexity index is 370. The van der Waals surface area contributed by atoms with Crippen LogP contribution in [0.2, 0.25) is 0 Å². The Morgan fingerprint density at radius 3 is 2.53 bits per heavy atom. The Kier molecular flexibility index (Phi) is 5.15. The van der Waals surface area contributed by atoms with E-state index in [1.807, 2.05) is 13.8 Å². The maximum absolute atomic E-state index is 13.3. The maximum atomic E-state index is 13.3. The second-order valence-electron chi connectivity index (χ2n) is 4.12. The van der Waals surface area contributed by atoms with E-state index in [9.17, 15) is 8.78 Å². The van der Waals surface area contributed by atoms with Gasteiger partial charge >= 0.3 is 0 Å². The number of hydrogen-bond acceptors (Lipinski definition) is 3. The highest BCUT2D eigenvalue weighted by molar-refractivity contribution is 5.44. The van der Waals surface area contributed by atoms with E-state index >= 15 is 0 Å². The van der Waals surface area contributed by atoms with Crippen molar-refractivity contribution in [1.82, 2.24) is 0 Å². The third-order valence-corrected chi connectivity index (χ3v) is 1.99. The summed E-state index contributed by atoms with van der Waals surface area (Å²) in [6.07, 6.45) is 0. The van der Waals surface area contributed by atoms with Crippen LogP contribution < -0.4 is 10.5 Å². The molecule has 0 aliphatic carbocycles. The van der Waals surface area contributed by atoms with E-state index in [-0.39, 0.29) is 18.0 Å². The highest BCUT2D eigenvalue weighted by atomic mass is 19.1. The first-order valence-electron chi connectivity index (χ1n) is 5.45. The van der Waals surface area contributed by atoms with E-state index in [0.717, 1.165) is 12.1 Å². The van der Waals surface area contributed by atoms with Gasteiger partial charge in [0.15, 0.2) is 11.6 Å². The van der Waals surface area contributed by atoms with Gasteiger partial charge in [-0.1, -0.05) is 13.8 Å². The van der Waals surface area contributed by atoms with E-state index in [2.05, 4.69) is 0 Å². The molecule has 0 amide bonds. The number of hydrogen-bond donors (Lipinski definition) is 1. The lowest BCUT2D eigenvalue weighted by Gasteiger charge is -2.10. The van der Waals surface area contributed by atoms with Gasteiger partial charge in [-0.2, -0.15) is 0 Å². The first kappa shape index (κ1) is 13.7. The Balaban J connectivity index is 2.39. The zero-order valence-corrected chi connectivity index (χ0v) is 10.0. The fourth-order valence-corrected chi connectivity index (χ4v) is 1.18. The van der Waals surface area contributed by atoms with Crippen molar-refractivity contribution in [3.8, 4) is 5.75 Å². The third kappa shape index (κ3) is 4.56. The predicted octanol–water partition coefficient (Wildman–Crippen LogP) is 2.60. The van der Waals surface area contributed by atoms with Crippen molar-refractivity contribution in [3.63, 3.8) is 0 Å². The molecule has 0 atom stereocenters. The van der Waals surface area contributed by atoms with Crippen LogP contribution in [0.15, 0.2) is 12.1 Å². The van der Waals surface area contributed by atoms with Gasteiger partial charge in [-0.3, -0.25) is 0 Å². The molecule has 0 aromatic heterocycles. The average molecular weight is 245 g/mol. The van der Waals surface area contributed by atoms with Crippen LogP contribution in [0.4, 0.5) is 14.5 Å². The van der Waals surface area contributed by atoms with E-state index in [0.29, 0.717) is 19.1 Å². The topological polar surface area (TPSA) is 44.5 Å². The van der Waals surface area contributed by atoms with Gasteiger partial charge in [0.2, 0.25) is 0 Å². The highest BCUT2D eigenvalue weighted by Crippen LogP contribution is 2.22. The van der Waals surface area contributed by atoms with Gasteiger partial charge in [0.1, 0.15) is 12.4 Å². The van der Waals surface area contributed by atoms with Crippen LogP contribution in [0.1, 0.15) is 13.8 Å². The van der Waals surface area contributed by atoms with Crippen LogP contribution in [-0.2, 0) is 4.74 Å². The number of ether oxygens (including phenoxy) is 2. The number of halogens is 2. The molecular formula is C12H17F2NO2. The molecule has 0 unspecified atom stereocenters. The van der Waals surface area contributed by atoms with Crippen LogP contribution in [0.25, 0.3) is 0 Å². The molecule has 1 aromatic rings. The maximum Gasteiger partial charge on any atom is 0.167 e. The predicted molar refractivity (Wildman–Crippen MR) is 61.9 cm³/mol. The Hall–Kier alpha value is -1.36. The lowest BCUT2D eigenvalue weighted by molar-refractivity contribution is 0.0807. The molecule has 0 bridgehead atoms. The summed E-state index contributed by atoms with van der Waals surface area (Å²) in [5, 5.41) is 0. The molecule has 0 radical (unpaired) electrons. The van der Waals surface area contributed by atoms with Crippen LogP contribution in [-0.4, -0.2) is 19.8 Å². The average Bonchev–Trinajstić information content (AvgIpc) is 2.24. The Labute approximate surface area is 99.5 Å². The summed E-state index contributed by atoms with van der Waals surface area (Å²) in [6.45, 7) is 5.17. The lowest BCUT2D eigenvalue weighted by atomic mass is 10.2. The number of benzene rings is 1. The van der Waals surface area contributed by atoms with Crippen LogP contribution in [0.5, 0.6) is 5.75 Å². The van der Waals surface area contributed by atoms with Crippen molar-refractivity contribution in [2.75, 3.05) is 25.6 Å². The summed E-state index contributed by atoms with van der Waals surface area (Å²) in [6, 6.07) is 1.84. The van der Waals surface area contributed by atoms with E-state index in [1.54, 1.807) is 0 Å². The van der Waals surface area contributed by atoms with Gasteiger partial charge in [-0.25, -0.2) is 8.78 Å². The summed E-state index contributed by atoms with van der Waals surface area (Å²) in [7, 11) is 0. The normalized spacial score (nSPS) is 10.9. The minimum absolute atomic E-state index is 0.148. The number of anilines is 1. The second-order valence-corrected chi connectivity index (χ2v) is 4.12. The molecule has 1 rings (SSSR count). The zero-order valence-electron chi connectivity index (χ0n) is 10.0. The van der Waals surface area contributed by atoms with Crippen molar-refractivity contribution in [1.29, 1.82) is 0 Å². The van der Waals surface area contributed by atoms with Gasteiger partial charge in [0.05, 0.1) is 12.3 Å². The molecule has 0 fully saturated rings. The van der Waals surface area contributed by atoms with Gasteiger partial charge in [0.25, 0.3) is 0 Å². The lowest BCUT2D eigenvalue weighted by Crippen LogP contribution is -2.11. The Morgan fingerprint density at radius 1 is 1.18 bits per heavy atom. The van der Waals surface area contributed by atoms with Gasteiger partial charge in [0, 0.05) is 18.7 Å². The first-order valence-corrected chi connectivity index (χ1v) is 5.45.